The van der Waals surface area contributed by atoms with Gasteiger partial charge < -0.3 is 19.7 Å². The normalized spacial score (nSPS) is 46.7. The molecule has 21 heavy (non-hydrogen) atoms. The molecule has 1 spiro atoms. The number of aliphatic hydroxyl groups excluding tert-OH is 1. The van der Waals surface area contributed by atoms with Gasteiger partial charge in [-0.1, -0.05) is 0 Å². The van der Waals surface area contributed by atoms with Crippen molar-refractivity contribution < 1.29 is 19.7 Å². The van der Waals surface area contributed by atoms with Crippen LogP contribution in [-0.4, -0.2) is 49.8 Å². The predicted octanol–water partition coefficient (Wildman–Crippen LogP) is -2.62. The third-order valence-electron chi connectivity index (χ3n) is 4.67. The smallest absolute Gasteiger partial charge is 0.331 e. The van der Waals surface area contributed by atoms with Crippen LogP contribution < -0.4 is 11.2 Å². The number of H-pyrrole nitrogens is 1. The fraction of sp³-hybridized carbons (Fsp3) is 0.583. The molecule has 4 rings (SSSR count). The van der Waals surface area contributed by atoms with Gasteiger partial charge in [-0.2, -0.15) is 5.26 Å². The minimum Gasteiger partial charge on any atom is -0.387 e. The molecule has 0 radical (unpaired) electrons. The Balaban J connectivity index is 1.96. The van der Waals surface area contributed by atoms with E-state index in [0.29, 0.717) is 0 Å². The zero-order valence-corrected chi connectivity index (χ0v) is 10.6. The maximum atomic E-state index is 12.0. The molecular formula is C12H11N3O6. The van der Waals surface area contributed by atoms with Crippen molar-refractivity contribution in [3.63, 3.8) is 0 Å². The van der Waals surface area contributed by atoms with E-state index in [0.717, 1.165) is 16.8 Å². The summed E-state index contributed by atoms with van der Waals surface area (Å²) in [6, 6.07) is 2.95. The van der Waals surface area contributed by atoms with Gasteiger partial charge in [-0.15, -0.1) is 0 Å². The summed E-state index contributed by atoms with van der Waals surface area (Å²) >= 11 is 0. The number of nitrogens with one attached hydrogen (secondary N) is 1. The highest BCUT2D eigenvalue weighted by molar-refractivity contribution is 5.40. The van der Waals surface area contributed by atoms with E-state index in [9.17, 15) is 25.1 Å². The topological polar surface area (TPSA) is 138 Å². The molecule has 5 atom stereocenters. The molecule has 110 valence electrons. The summed E-state index contributed by atoms with van der Waals surface area (Å²) in [7, 11) is 0. The van der Waals surface area contributed by atoms with Crippen LogP contribution in [0.5, 0.6) is 0 Å². The maximum Gasteiger partial charge on any atom is 0.331 e. The van der Waals surface area contributed by atoms with Crippen LogP contribution in [0.2, 0.25) is 0 Å². The lowest BCUT2D eigenvalue weighted by Crippen LogP contribution is -2.70. The van der Waals surface area contributed by atoms with E-state index in [1.54, 1.807) is 0 Å². The number of ether oxygens (including phenoxy) is 2. The molecule has 3 heterocycles. The van der Waals surface area contributed by atoms with Crippen LogP contribution in [0.3, 0.4) is 0 Å². The first-order valence-electron chi connectivity index (χ1n) is 6.39. The molecule has 1 aliphatic carbocycles. The lowest BCUT2D eigenvalue weighted by Gasteiger charge is -2.50. The van der Waals surface area contributed by atoms with Crippen molar-refractivity contribution in [2.24, 2.45) is 0 Å². The highest BCUT2D eigenvalue weighted by Gasteiger charge is 2.91. The minimum absolute atomic E-state index is 0.246. The van der Waals surface area contributed by atoms with E-state index < -0.39 is 40.4 Å². The summed E-state index contributed by atoms with van der Waals surface area (Å²) in [6.07, 6.45) is -0.807. The van der Waals surface area contributed by atoms with Gasteiger partial charge in [0, 0.05) is 18.7 Å². The van der Waals surface area contributed by atoms with Gasteiger partial charge in [-0.05, 0) is 0 Å². The van der Waals surface area contributed by atoms with Gasteiger partial charge in [-0.25, -0.2) is 4.79 Å². The number of hydrogen-bond acceptors (Lipinski definition) is 7. The number of nitrogens with zero attached hydrogens (tertiary/aromatic N) is 2. The highest BCUT2D eigenvalue weighted by atomic mass is 16.7. The molecule has 9 heteroatoms. The van der Waals surface area contributed by atoms with Crippen LogP contribution in [0.15, 0.2) is 21.9 Å². The molecule has 1 saturated carbocycles. The number of rotatable bonds is 1. The molecule has 0 amide bonds. The van der Waals surface area contributed by atoms with Gasteiger partial charge in [0.2, 0.25) is 0 Å². The Bertz CT molecular complexity index is 789. The van der Waals surface area contributed by atoms with Gasteiger partial charge >= 0.3 is 5.69 Å². The molecule has 9 nitrogen and oxygen atoms in total. The molecule has 2 aliphatic heterocycles. The fourth-order valence-electron chi connectivity index (χ4n) is 3.48. The predicted molar refractivity (Wildman–Crippen MR) is 64.0 cm³/mol. The van der Waals surface area contributed by atoms with Crippen molar-refractivity contribution in [1.82, 2.24) is 9.55 Å². The van der Waals surface area contributed by atoms with E-state index in [-0.39, 0.29) is 13.0 Å². The van der Waals surface area contributed by atoms with E-state index in [4.69, 9.17) is 9.47 Å². The first-order valence-corrected chi connectivity index (χ1v) is 6.39. The molecule has 0 aromatic carbocycles. The second-order valence-electron chi connectivity index (χ2n) is 5.47. The lowest BCUT2D eigenvalue weighted by molar-refractivity contribution is -0.291. The summed E-state index contributed by atoms with van der Waals surface area (Å²) in [5.74, 6) is 0. The molecule has 3 fully saturated rings. The van der Waals surface area contributed by atoms with Crippen LogP contribution in [-0.2, 0) is 15.2 Å². The SMILES string of the molecule is N#CC1(n2ccc(=O)[nH]c2=O)OC2C(O)C2(O)C12CCO2. The van der Waals surface area contributed by atoms with Crippen molar-refractivity contribution in [3.05, 3.63) is 33.1 Å². The second-order valence-corrected chi connectivity index (χ2v) is 5.47. The molecule has 0 bridgehead atoms. The quantitative estimate of drug-likeness (QED) is 0.515. The monoisotopic (exact) mass is 293 g/mol. The van der Waals surface area contributed by atoms with Gasteiger partial charge in [0.1, 0.15) is 18.3 Å². The van der Waals surface area contributed by atoms with Gasteiger partial charge in [-0.3, -0.25) is 14.3 Å². The van der Waals surface area contributed by atoms with Crippen molar-refractivity contribution in [1.29, 1.82) is 5.26 Å². The van der Waals surface area contributed by atoms with E-state index >= 15 is 0 Å². The Morgan fingerprint density at radius 2 is 2.24 bits per heavy atom. The van der Waals surface area contributed by atoms with Crippen LogP contribution >= 0.6 is 0 Å². The first-order chi connectivity index (χ1) is 9.93. The van der Waals surface area contributed by atoms with Gasteiger partial charge in [0.15, 0.2) is 11.2 Å². The third-order valence-corrected chi connectivity index (χ3v) is 4.67. The summed E-state index contributed by atoms with van der Waals surface area (Å²) < 4.78 is 11.8. The number of hydrogen-bond donors (Lipinski definition) is 3. The van der Waals surface area contributed by atoms with Crippen LogP contribution in [0.25, 0.3) is 0 Å². The summed E-state index contributed by atoms with van der Waals surface area (Å²) in [4.78, 5) is 25.2. The number of aliphatic hydroxyl groups is 2. The molecule has 3 aliphatic rings. The number of nitriles is 1. The zero-order valence-electron chi connectivity index (χ0n) is 10.6. The van der Waals surface area contributed by atoms with Gasteiger partial charge in [0.25, 0.3) is 11.3 Å². The van der Waals surface area contributed by atoms with Crippen molar-refractivity contribution in [2.45, 2.75) is 35.6 Å². The van der Waals surface area contributed by atoms with Gasteiger partial charge in [0.05, 0.1) is 6.61 Å². The minimum atomic E-state index is -1.93. The highest BCUT2D eigenvalue weighted by Crippen LogP contribution is 2.67. The maximum absolute atomic E-state index is 12.0. The number of aromatic nitrogens is 2. The van der Waals surface area contributed by atoms with E-state index in [2.05, 4.69) is 0 Å². The van der Waals surface area contributed by atoms with E-state index in [1.807, 2.05) is 11.1 Å². The molecule has 3 N–H and O–H groups in total. The Morgan fingerprint density at radius 1 is 1.52 bits per heavy atom. The van der Waals surface area contributed by atoms with Crippen molar-refractivity contribution >= 4 is 0 Å². The molecule has 2 saturated heterocycles. The Labute approximate surface area is 117 Å². The average Bonchev–Trinajstić information content (AvgIpc) is 2.79. The van der Waals surface area contributed by atoms with Crippen LogP contribution in [0, 0.1) is 11.3 Å². The largest absolute Gasteiger partial charge is 0.387 e. The summed E-state index contributed by atoms with van der Waals surface area (Å²) in [5, 5.41) is 29.9. The summed E-state index contributed by atoms with van der Waals surface area (Å²) in [5.41, 5.74) is -6.64. The summed E-state index contributed by atoms with van der Waals surface area (Å²) in [6.45, 7) is 0.270. The number of fused-ring (bicyclic) bond motifs is 2. The number of aromatic amines is 1. The van der Waals surface area contributed by atoms with Crippen molar-refractivity contribution in [2.75, 3.05) is 6.61 Å². The Hall–Kier alpha value is -1.99. The Morgan fingerprint density at radius 3 is 2.76 bits per heavy atom. The molecular weight excluding hydrogens is 282 g/mol. The average molecular weight is 293 g/mol. The van der Waals surface area contributed by atoms with Crippen molar-refractivity contribution in [3.8, 4) is 6.07 Å². The zero-order chi connectivity index (χ0) is 15.0. The fourth-order valence-corrected chi connectivity index (χ4v) is 3.48. The van der Waals surface area contributed by atoms with Crippen LogP contribution in [0.4, 0.5) is 0 Å². The van der Waals surface area contributed by atoms with E-state index in [1.165, 1.54) is 0 Å². The molecule has 1 aromatic rings. The molecule has 1 aromatic heterocycles. The first kappa shape index (κ1) is 12.7. The second kappa shape index (κ2) is 3.42. The standard InChI is InChI=1S/C12H11N3O6/c13-5-11(15-3-1-6(16)14-9(15)18)10(2-4-20-10)12(19)7(17)8(12)21-11/h1,3,7-8,17,19H,2,4H2,(H,14,16,18). The van der Waals surface area contributed by atoms with Crippen LogP contribution in [0.1, 0.15) is 6.42 Å². The molecule has 5 unspecified atom stereocenters. The third kappa shape index (κ3) is 1.09. The Kier molecular flexibility index (Phi) is 2.08. The lowest BCUT2D eigenvalue weighted by atomic mass is 9.77.